The average molecular weight is 294 g/mol. The fourth-order valence-electron chi connectivity index (χ4n) is 0.956. The number of carbonyl (C=O) groups is 1. The highest BCUT2D eigenvalue weighted by molar-refractivity contribution is 9.10. The zero-order chi connectivity index (χ0) is 11.5. The first-order valence-corrected chi connectivity index (χ1v) is 6.53. The third kappa shape index (κ3) is 4.39. The highest BCUT2D eigenvalue weighted by atomic mass is 79.9. The molecule has 1 N–H and O–H groups in total. The summed E-state index contributed by atoms with van der Waals surface area (Å²) in [6, 6.07) is 3.18. The van der Waals surface area contributed by atoms with Crippen LogP contribution in [0, 0.1) is 0 Å². The number of halogens is 1. The van der Waals surface area contributed by atoms with Gasteiger partial charge in [-0.3, -0.25) is 9.78 Å². The highest BCUT2D eigenvalue weighted by Gasteiger charge is 2.17. The van der Waals surface area contributed by atoms with Gasteiger partial charge in [0.25, 0.3) is 0 Å². The summed E-state index contributed by atoms with van der Waals surface area (Å²) in [5.74, 6) is -2.58. The van der Waals surface area contributed by atoms with Crippen LogP contribution in [0.1, 0.15) is 5.69 Å². The van der Waals surface area contributed by atoms with Crippen LogP contribution in [-0.4, -0.2) is 30.2 Å². The molecule has 15 heavy (non-hydrogen) atoms. The number of sulfone groups is 1. The molecule has 5 nitrogen and oxygen atoms in total. The second-order valence-electron chi connectivity index (χ2n) is 2.89. The SMILES string of the molecule is O=C(O)CS(=O)(=O)Cc1ccc(Br)cn1. The minimum Gasteiger partial charge on any atom is -0.480 e. The van der Waals surface area contributed by atoms with Crippen molar-refractivity contribution in [3.8, 4) is 0 Å². The minimum atomic E-state index is -3.62. The van der Waals surface area contributed by atoms with E-state index in [2.05, 4.69) is 20.9 Å². The summed E-state index contributed by atoms with van der Waals surface area (Å²) >= 11 is 3.16. The van der Waals surface area contributed by atoms with Gasteiger partial charge in [0.2, 0.25) is 0 Å². The van der Waals surface area contributed by atoms with Gasteiger partial charge in [0.05, 0.1) is 11.4 Å². The molecule has 0 fully saturated rings. The maximum absolute atomic E-state index is 11.3. The van der Waals surface area contributed by atoms with E-state index in [4.69, 9.17) is 5.11 Å². The molecule has 0 atom stereocenters. The molecule has 0 amide bonds. The summed E-state index contributed by atoms with van der Waals surface area (Å²) < 4.78 is 23.3. The number of pyridine rings is 1. The monoisotopic (exact) mass is 293 g/mol. The summed E-state index contributed by atoms with van der Waals surface area (Å²) in [6.45, 7) is 0. The van der Waals surface area contributed by atoms with Crippen molar-refractivity contribution >= 4 is 31.7 Å². The first-order chi connectivity index (χ1) is 6.89. The first-order valence-electron chi connectivity index (χ1n) is 3.92. The van der Waals surface area contributed by atoms with Crippen LogP contribution in [0.2, 0.25) is 0 Å². The van der Waals surface area contributed by atoms with Gasteiger partial charge in [-0.15, -0.1) is 0 Å². The predicted molar refractivity (Wildman–Crippen MR) is 57.1 cm³/mol. The molecular formula is C8H8BrNO4S. The predicted octanol–water partition coefficient (Wildman–Crippen LogP) is 0.844. The number of aromatic nitrogens is 1. The van der Waals surface area contributed by atoms with Gasteiger partial charge in [-0.1, -0.05) is 0 Å². The number of hydrogen-bond acceptors (Lipinski definition) is 4. The standard InChI is InChI=1S/C8H8BrNO4S/c9-6-1-2-7(10-3-6)4-15(13,14)5-8(11)12/h1-3H,4-5H2,(H,11,12). The third-order valence-corrected chi connectivity index (χ3v) is 3.39. The number of hydrogen-bond donors (Lipinski definition) is 1. The molecule has 1 aromatic rings. The smallest absolute Gasteiger partial charge is 0.318 e. The zero-order valence-corrected chi connectivity index (χ0v) is 9.95. The second-order valence-corrected chi connectivity index (χ2v) is 5.87. The Hall–Kier alpha value is -0.950. The maximum Gasteiger partial charge on any atom is 0.318 e. The normalized spacial score (nSPS) is 11.3. The van der Waals surface area contributed by atoms with Crippen molar-refractivity contribution in [2.75, 3.05) is 5.75 Å². The molecule has 0 unspecified atom stereocenters. The van der Waals surface area contributed by atoms with Gasteiger partial charge in [-0.2, -0.15) is 0 Å². The molecule has 0 aliphatic heterocycles. The van der Waals surface area contributed by atoms with Gasteiger partial charge in [-0.25, -0.2) is 8.42 Å². The quantitative estimate of drug-likeness (QED) is 0.889. The molecule has 1 heterocycles. The number of aliphatic carboxylic acids is 1. The molecule has 82 valence electrons. The van der Waals surface area contributed by atoms with Crippen molar-refractivity contribution in [1.29, 1.82) is 0 Å². The van der Waals surface area contributed by atoms with Crippen LogP contribution in [-0.2, 0) is 20.4 Å². The van der Waals surface area contributed by atoms with Crippen LogP contribution in [0.3, 0.4) is 0 Å². The van der Waals surface area contributed by atoms with Gasteiger partial charge in [0.15, 0.2) is 9.84 Å². The fourth-order valence-corrected chi connectivity index (χ4v) is 2.29. The second kappa shape index (κ2) is 4.71. The molecule has 0 radical (unpaired) electrons. The van der Waals surface area contributed by atoms with Crippen molar-refractivity contribution in [2.24, 2.45) is 0 Å². The van der Waals surface area contributed by atoms with E-state index >= 15 is 0 Å². The average Bonchev–Trinajstić information content (AvgIpc) is 2.06. The molecule has 1 rings (SSSR count). The Labute approximate surface area is 95.2 Å². The van der Waals surface area contributed by atoms with Crippen LogP contribution in [0.4, 0.5) is 0 Å². The van der Waals surface area contributed by atoms with Gasteiger partial charge in [0.1, 0.15) is 5.75 Å². The molecule has 0 spiro atoms. The number of carboxylic acid groups (broad SMARTS) is 1. The summed E-state index contributed by atoms with van der Waals surface area (Å²) in [5.41, 5.74) is 0.333. The van der Waals surface area contributed by atoms with Crippen molar-refractivity contribution in [1.82, 2.24) is 4.98 Å². The topological polar surface area (TPSA) is 84.3 Å². The van der Waals surface area contributed by atoms with Crippen LogP contribution in [0.15, 0.2) is 22.8 Å². The lowest BCUT2D eigenvalue weighted by Crippen LogP contribution is -2.17. The molecule has 0 aliphatic rings. The lowest BCUT2D eigenvalue weighted by molar-refractivity contribution is -0.134. The van der Waals surface area contributed by atoms with Crippen LogP contribution < -0.4 is 0 Å². The maximum atomic E-state index is 11.3. The Bertz CT molecular complexity index is 454. The Kier molecular flexibility index (Phi) is 3.81. The Morgan fingerprint density at radius 2 is 2.13 bits per heavy atom. The van der Waals surface area contributed by atoms with E-state index in [0.29, 0.717) is 5.69 Å². The molecule has 0 bridgehead atoms. The van der Waals surface area contributed by atoms with E-state index in [-0.39, 0.29) is 5.75 Å². The van der Waals surface area contributed by atoms with Crippen molar-refractivity contribution in [3.05, 3.63) is 28.5 Å². The lowest BCUT2D eigenvalue weighted by atomic mass is 10.4. The largest absolute Gasteiger partial charge is 0.480 e. The number of nitrogens with zero attached hydrogens (tertiary/aromatic N) is 1. The van der Waals surface area contributed by atoms with Crippen LogP contribution in [0.5, 0.6) is 0 Å². The summed E-state index contributed by atoms with van der Waals surface area (Å²) in [5, 5.41) is 8.36. The fraction of sp³-hybridized carbons (Fsp3) is 0.250. The third-order valence-electron chi connectivity index (χ3n) is 1.50. The van der Waals surface area contributed by atoms with Gasteiger partial charge < -0.3 is 5.11 Å². The van der Waals surface area contributed by atoms with Crippen LogP contribution in [0.25, 0.3) is 0 Å². The Morgan fingerprint density at radius 1 is 1.47 bits per heavy atom. The molecule has 0 aromatic carbocycles. The van der Waals surface area contributed by atoms with Gasteiger partial charge in [0, 0.05) is 10.7 Å². The van der Waals surface area contributed by atoms with E-state index in [1.165, 1.54) is 12.3 Å². The molecule has 0 saturated heterocycles. The van der Waals surface area contributed by atoms with Gasteiger partial charge >= 0.3 is 5.97 Å². The molecule has 1 aromatic heterocycles. The lowest BCUT2D eigenvalue weighted by Gasteiger charge is -2.00. The highest BCUT2D eigenvalue weighted by Crippen LogP contribution is 2.09. The van der Waals surface area contributed by atoms with E-state index in [1.54, 1.807) is 6.07 Å². The van der Waals surface area contributed by atoms with E-state index < -0.39 is 21.6 Å². The summed E-state index contributed by atoms with van der Waals surface area (Å²) in [7, 11) is -3.62. The molecular weight excluding hydrogens is 286 g/mol. The Morgan fingerprint density at radius 3 is 2.60 bits per heavy atom. The van der Waals surface area contributed by atoms with E-state index in [1.807, 2.05) is 0 Å². The van der Waals surface area contributed by atoms with Crippen molar-refractivity contribution in [3.63, 3.8) is 0 Å². The zero-order valence-electron chi connectivity index (χ0n) is 7.55. The number of carboxylic acids is 1. The Balaban J connectivity index is 2.78. The van der Waals surface area contributed by atoms with Crippen LogP contribution >= 0.6 is 15.9 Å². The van der Waals surface area contributed by atoms with Gasteiger partial charge in [-0.05, 0) is 28.1 Å². The summed E-state index contributed by atoms with van der Waals surface area (Å²) in [6.07, 6.45) is 1.46. The molecule has 0 saturated carbocycles. The molecule has 0 aliphatic carbocycles. The first kappa shape index (κ1) is 12.1. The molecule has 7 heteroatoms. The van der Waals surface area contributed by atoms with E-state index in [0.717, 1.165) is 4.47 Å². The summed E-state index contributed by atoms with van der Waals surface area (Å²) in [4.78, 5) is 14.1. The van der Waals surface area contributed by atoms with Crippen molar-refractivity contribution < 1.29 is 18.3 Å². The van der Waals surface area contributed by atoms with E-state index in [9.17, 15) is 13.2 Å². The minimum absolute atomic E-state index is 0.333. The number of rotatable bonds is 4. The van der Waals surface area contributed by atoms with Crippen molar-refractivity contribution in [2.45, 2.75) is 5.75 Å².